The van der Waals surface area contributed by atoms with Crippen molar-refractivity contribution in [2.75, 3.05) is 0 Å². The third-order valence-corrected chi connectivity index (χ3v) is 7.25. The Balaban J connectivity index is 1.33. The lowest BCUT2D eigenvalue weighted by Crippen LogP contribution is -2.08. The van der Waals surface area contributed by atoms with Crippen LogP contribution in [-0.4, -0.2) is 4.98 Å². The van der Waals surface area contributed by atoms with Crippen molar-refractivity contribution >= 4 is 10.8 Å². The van der Waals surface area contributed by atoms with Gasteiger partial charge in [-0.1, -0.05) is 75.1 Å². The van der Waals surface area contributed by atoms with Crippen molar-refractivity contribution in [2.45, 2.75) is 77.3 Å². The molecule has 3 aromatic carbocycles. The number of benzene rings is 3. The molecule has 0 saturated heterocycles. The first-order chi connectivity index (χ1) is 18.7. The van der Waals surface area contributed by atoms with Gasteiger partial charge in [-0.2, -0.15) is 13.2 Å². The van der Waals surface area contributed by atoms with Crippen LogP contribution in [0, 0.1) is 11.6 Å². The Morgan fingerprint density at radius 1 is 0.667 bits per heavy atom. The van der Waals surface area contributed by atoms with Gasteiger partial charge in [0.15, 0.2) is 0 Å². The number of unbranched alkanes of at least 4 members (excludes halogenated alkanes) is 4. The van der Waals surface area contributed by atoms with Crippen molar-refractivity contribution in [1.29, 1.82) is 0 Å². The number of pyridine rings is 1. The summed E-state index contributed by atoms with van der Waals surface area (Å²) in [5.41, 5.74) is 2.95. The zero-order chi connectivity index (χ0) is 27.8. The molecular formula is C33H34F5N. The maximum Gasteiger partial charge on any atom is 0.419 e. The summed E-state index contributed by atoms with van der Waals surface area (Å²) in [5.74, 6) is -1.66. The van der Waals surface area contributed by atoms with E-state index in [1.165, 1.54) is 43.7 Å². The summed E-state index contributed by atoms with van der Waals surface area (Å²) < 4.78 is 67.4. The van der Waals surface area contributed by atoms with Gasteiger partial charge in [0, 0.05) is 17.3 Å². The second kappa shape index (κ2) is 13.2. The predicted octanol–water partition coefficient (Wildman–Crippen LogP) is 9.62. The molecule has 0 N–H and O–H groups in total. The average molecular weight is 540 g/mol. The summed E-state index contributed by atoms with van der Waals surface area (Å²) in [6, 6.07) is 16.4. The van der Waals surface area contributed by atoms with Gasteiger partial charge in [-0.25, -0.2) is 8.78 Å². The van der Waals surface area contributed by atoms with Crippen molar-refractivity contribution in [3.05, 3.63) is 112 Å². The smallest absolute Gasteiger partial charge is 0.261 e. The number of hydrogen-bond donors (Lipinski definition) is 0. The molecule has 0 aliphatic heterocycles. The fraction of sp³-hybridized carbons (Fsp3) is 0.364. The van der Waals surface area contributed by atoms with Crippen molar-refractivity contribution in [1.82, 2.24) is 4.98 Å². The Labute approximate surface area is 227 Å². The first-order valence-corrected chi connectivity index (χ1v) is 13.7. The maximum absolute atomic E-state index is 15.2. The van der Waals surface area contributed by atoms with Crippen molar-refractivity contribution in [2.24, 2.45) is 0 Å². The first-order valence-electron chi connectivity index (χ1n) is 13.7. The summed E-state index contributed by atoms with van der Waals surface area (Å²) in [6.45, 7) is 2.22. The number of aryl methyl sites for hydroxylation is 5. The molecule has 0 atom stereocenters. The molecule has 0 bridgehead atoms. The minimum atomic E-state index is -4.74. The zero-order valence-corrected chi connectivity index (χ0v) is 22.3. The summed E-state index contributed by atoms with van der Waals surface area (Å²) in [5, 5.41) is 1.29. The monoisotopic (exact) mass is 539 g/mol. The lowest BCUT2D eigenvalue weighted by atomic mass is 9.97. The van der Waals surface area contributed by atoms with E-state index >= 15 is 4.39 Å². The highest BCUT2D eigenvalue weighted by molar-refractivity contribution is 5.84. The molecule has 0 saturated carbocycles. The van der Waals surface area contributed by atoms with Gasteiger partial charge in [0.05, 0.1) is 5.56 Å². The number of halogens is 5. The average Bonchev–Trinajstić information content (AvgIpc) is 2.91. The number of hydrogen-bond acceptors (Lipinski definition) is 1. The van der Waals surface area contributed by atoms with Crippen LogP contribution >= 0.6 is 0 Å². The molecule has 0 aliphatic rings. The molecule has 0 aliphatic carbocycles. The van der Waals surface area contributed by atoms with Crippen molar-refractivity contribution in [3.8, 4) is 0 Å². The zero-order valence-electron chi connectivity index (χ0n) is 22.3. The van der Waals surface area contributed by atoms with Crippen molar-refractivity contribution in [3.63, 3.8) is 0 Å². The van der Waals surface area contributed by atoms with Gasteiger partial charge in [-0.3, -0.25) is 4.98 Å². The summed E-state index contributed by atoms with van der Waals surface area (Å²) in [7, 11) is 0. The van der Waals surface area contributed by atoms with Crippen LogP contribution in [0.2, 0.25) is 0 Å². The highest BCUT2D eigenvalue weighted by Gasteiger charge is 2.33. The minimum Gasteiger partial charge on any atom is -0.261 e. The van der Waals surface area contributed by atoms with E-state index < -0.39 is 17.6 Å². The lowest BCUT2D eigenvalue weighted by Gasteiger charge is -2.11. The SMILES string of the molecule is CCCCCCCc1ccc(CCc2ccc3c(F)c(CCc4ccc(C(F)(F)F)c(F)c4)ccc3c2)nc1. The molecule has 1 nitrogen and oxygen atoms in total. The number of rotatable bonds is 12. The van der Waals surface area contributed by atoms with Crippen LogP contribution in [-0.2, 0) is 38.3 Å². The topological polar surface area (TPSA) is 12.9 Å². The van der Waals surface area contributed by atoms with Crippen molar-refractivity contribution < 1.29 is 22.0 Å². The minimum absolute atomic E-state index is 0.236. The second-order valence-electron chi connectivity index (χ2n) is 10.2. The quantitative estimate of drug-likeness (QED) is 0.129. The van der Waals surface area contributed by atoms with Gasteiger partial charge in [0.2, 0.25) is 0 Å². The normalized spacial score (nSPS) is 11.8. The number of fused-ring (bicyclic) bond motifs is 1. The van der Waals surface area contributed by atoms with Crippen LogP contribution in [0.4, 0.5) is 22.0 Å². The first kappa shape index (κ1) is 28.7. The summed E-state index contributed by atoms with van der Waals surface area (Å²) >= 11 is 0. The molecule has 39 heavy (non-hydrogen) atoms. The Morgan fingerprint density at radius 2 is 1.38 bits per heavy atom. The van der Waals surface area contributed by atoms with E-state index in [0.717, 1.165) is 48.0 Å². The summed E-state index contributed by atoms with van der Waals surface area (Å²) in [6.07, 6.45) is 6.70. The maximum atomic E-state index is 15.2. The summed E-state index contributed by atoms with van der Waals surface area (Å²) in [4.78, 5) is 4.63. The molecule has 0 radical (unpaired) electrons. The van der Waals surface area contributed by atoms with Gasteiger partial charge in [0.1, 0.15) is 11.6 Å². The molecule has 1 aromatic heterocycles. The van der Waals surface area contributed by atoms with Crippen LogP contribution < -0.4 is 0 Å². The van der Waals surface area contributed by atoms with Gasteiger partial charge in [-0.05, 0) is 84.4 Å². The standard InChI is InChI=1S/C33H34F5N/c1-2-3-4-5-6-7-25-10-17-28(39-22-25)16-9-23-11-18-29-27(20-23)15-14-26(32(29)35)13-8-24-12-19-30(31(34)21-24)33(36,37)38/h10-12,14-15,17-22H,2-9,13,16H2,1H3. The highest BCUT2D eigenvalue weighted by atomic mass is 19.4. The van der Waals surface area contributed by atoms with E-state index in [9.17, 15) is 17.6 Å². The Morgan fingerprint density at radius 3 is 2.10 bits per heavy atom. The molecule has 6 heteroatoms. The Bertz CT molecular complexity index is 1380. The van der Waals surface area contributed by atoms with Crippen LogP contribution in [0.25, 0.3) is 10.8 Å². The van der Waals surface area contributed by atoms with Crippen LogP contribution in [0.3, 0.4) is 0 Å². The van der Waals surface area contributed by atoms with E-state index in [-0.39, 0.29) is 18.7 Å². The van der Waals surface area contributed by atoms with Crippen LogP contribution in [0.1, 0.15) is 72.5 Å². The van der Waals surface area contributed by atoms with Gasteiger partial charge in [-0.15, -0.1) is 0 Å². The largest absolute Gasteiger partial charge is 0.419 e. The predicted molar refractivity (Wildman–Crippen MR) is 147 cm³/mol. The molecule has 206 valence electrons. The number of aromatic nitrogens is 1. The Kier molecular flexibility index (Phi) is 9.71. The fourth-order valence-electron chi connectivity index (χ4n) is 4.91. The van der Waals surface area contributed by atoms with Crippen LogP contribution in [0.15, 0.2) is 66.9 Å². The van der Waals surface area contributed by atoms with E-state index in [4.69, 9.17) is 0 Å². The third kappa shape index (κ3) is 7.87. The second-order valence-corrected chi connectivity index (χ2v) is 10.2. The molecule has 0 spiro atoms. The molecule has 1 heterocycles. The van der Waals surface area contributed by atoms with Gasteiger partial charge in [0.25, 0.3) is 0 Å². The molecule has 4 rings (SSSR count). The number of nitrogens with zero attached hydrogens (tertiary/aromatic N) is 1. The van der Waals surface area contributed by atoms with Gasteiger partial charge < -0.3 is 0 Å². The van der Waals surface area contributed by atoms with Gasteiger partial charge >= 0.3 is 6.18 Å². The Hall–Kier alpha value is -3.28. The van der Waals surface area contributed by atoms with E-state index in [1.54, 1.807) is 12.1 Å². The fourth-order valence-corrected chi connectivity index (χ4v) is 4.91. The molecule has 0 fully saturated rings. The molecular weight excluding hydrogens is 505 g/mol. The molecule has 4 aromatic rings. The van der Waals surface area contributed by atoms with E-state index in [0.29, 0.717) is 16.5 Å². The molecule has 0 unspecified atom stereocenters. The van der Waals surface area contributed by atoms with Crippen LogP contribution in [0.5, 0.6) is 0 Å². The number of alkyl halides is 3. The highest BCUT2D eigenvalue weighted by Crippen LogP contribution is 2.32. The lowest BCUT2D eigenvalue weighted by molar-refractivity contribution is -0.140. The third-order valence-electron chi connectivity index (χ3n) is 7.25. The molecule has 0 amide bonds. The van der Waals surface area contributed by atoms with E-state index in [1.807, 2.05) is 24.4 Å². The van der Waals surface area contributed by atoms with E-state index in [2.05, 4.69) is 24.0 Å².